The molecule has 0 bridgehead atoms. The van der Waals surface area contributed by atoms with Crippen LogP contribution in [0.3, 0.4) is 0 Å². The van der Waals surface area contributed by atoms with E-state index in [4.69, 9.17) is 4.74 Å². The normalized spacial score (nSPS) is 10.9. The first-order valence-corrected chi connectivity index (χ1v) is 6.21. The topological polar surface area (TPSA) is 111 Å². The lowest BCUT2D eigenvalue weighted by Gasteiger charge is -2.19. The quantitative estimate of drug-likeness (QED) is 0.518. The summed E-state index contributed by atoms with van der Waals surface area (Å²) >= 11 is 0. The number of nitrogens with one attached hydrogen (secondary N) is 1. The van der Waals surface area contributed by atoms with Gasteiger partial charge in [-0.3, -0.25) is 14.9 Å². The first-order chi connectivity index (χ1) is 9.58. The second-order valence-corrected chi connectivity index (χ2v) is 5.37. The third-order valence-electron chi connectivity index (χ3n) is 2.25. The van der Waals surface area contributed by atoms with E-state index in [9.17, 15) is 19.7 Å². The molecule has 8 heteroatoms. The van der Waals surface area contributed by atoms with Crippen LogP contribution in [0.4, 0.5) is 10.5 Å². The van der Waals surface area contributed by atoms with E-state index in [-0.39, 0.29) is 23.6 Å². The van der Waals surface area contributed by atoms with Crippen molar-refractivity contribution >= 4 is 17.6 Å². The van der Waals surface area contributed by atoms with Crippen LogP contribution in [0.5, 0.6) is 0 Å². The molecule has 1 heterocycles. The summed E-state index contributed by atoms with van der Waals surface area (Å²) in [4.78, 5) is 37.0. The van der Waals surface area contributed by atoms with Gasteiger partial charge < -0.3 is 10.1 Å². The van der Waals surface area contributed by atoms with Gasteiger partial charge in [-0.25, -0.2) is 9.78 Å². The fraction of sp³-hybridized carbons (Fsp3) is 0.462. The van der Waals surface area contributed by atoms with Gasteiger partial charge in [0.2, 0.25) is 0 Å². The summed E-state index contributed by atoms with van der Waals surface area (Å²) in [5, 5.41) is 13.2. The van der Waals surface area contributed by atoms with Gasteiger partial charge in [-0.05, 0) is 20.8 Å². The number of amides is 1. The molecular formula is C13H17N3O5. The van der Waals surface area contributed by atoms with Crippen molar-refractivity contribution in [1.82, 2.24) is 10.3 Å². The Morgan fingerprint density at radius 1 is 1.38 bits per heavy atom. The zero-order valence-electron chi connectivity index (χ0n) is 12.3. The van der Waals surface area contributed by atoms with Crippen molar-refractivity contribution in [2.75, 3.05) is 0 Å². The predicted molar refractivity (Wildman–Crippen MR) is 74.0 cm³/mol. The fourth-order valence-corrected chi connectivity index (χ4v) is 1.42. The van der Waals surface area contributed by atoms with Gasteiger partial charge in [0.1, 0.15) is 11.3 Å². The molecule has 0 aromatic carbocycles. The summed E-state index contributed by atoms with van der Waals surface area (Å²) in [6.07, 6.45) is -0.666. The first-order valence-electron chi connectivity index (χ1n) is 6.21. The highest BCUT2D eigenvalue weighted by Gasteiger charge is 2.17. The number of hydrogen-bond acceptors (Lipinski definition) is 6. The summed E-state index contributed by atoms with van der Waals surface area (Å²) in [7, 11) is 0. The highest BCUT2D eigenvalue weighted by atomic mass is 16.6. The number of carbonyl (C=O) groups excluding carboxylic acids is 2. The van der Waals surface area contributed by atoms with E-state index in [1.54, 1.807) is 20.8 Å². The van der Waals surface area contributed by atoms with Gasteiger partial charge in [-0.2, -0.15) is 0 Å². The van der Waals surface area contributed by atoms with Crippen LogP contribution in [0.2, 0.25) is 0 Å². The number of alkyl carbamates (subject to hydrolysis) is 1. The van der Waals surface area contributed by atoms with Crippen molar-refractivity contribution in [3.8, 4) is 0 Å². The molecule has 0 fully saturated rings. The standard InChI is InChI=1S/C13H17N3O5/c1-8(17)11-6-10(16(19)20)5-9(15-11)7-14-12(18)21-13(2,3)4/h5-6H,7H2,1-4H3,(H,14,18). The molecule has 1 N–H and O–H groups in total. The maximum absolute atomic E-state index is 11.5. The molecule has 0 aliphatic heterocycles. The van der Waals surface area contributed by atoms with Crippen LogP contribution < -0.4 is 5.32 Å². The summed E-state index contributed by atoms with van der Waals surface area (Å²) in [6, 6.07) is 2.29. The Morgan fingerprint density at radius 3 is 2.48 bits per heavy atom. The summed E-state index contributed by atoms with van der Waals surface area (Å²) in [6.45, 7) is 6.33. The van der Waals surface area contributed by atoms with Gasteiger partial charge in [0, 0.05) is 19.1 Å². The monoisotopic (exact) mass is 295 g/mol. The first kappa shape index (κ1) is 16.5. The van der Waals surface area contributed by atoms with Gasteiger partial charge >= 0.3 is 6.09 Å². The minimum absolute atomic E-state index is 0.0230. The molecule has 1 rings (SSSR count). The number of Topliss-reactive ketones (excluding diaryl/α,β-unsaturated/α-hetero) is 1. The van der Waals surface area contributed by atoms with Crippen molar-refractivity contribution in [1.29, 1.82) is 0 Å². The van der Waals surface area contributed by atoms with Crippen molar-refractivity contribution in [3.63, 3.8) is 0 Å². The average Bonchev–Trinajstić information content (AvgIpc) is 2.33. The molecule has 0 saturated carbocycles. The Morgan fingerprint density at radius 2 is 2.00 bits per heavy atom. The van der Waals surface area contributed by atoms with Crippen molar-refractivity contribution in [2.24, 2.45) is 0 Å². The minimum Gasteiger partial charge on any atom is -0.444 e. The van der Waals surface area contributed by atoms with E-state index >= 15 is 0 Å². The lowest BCUT2D eigenvalue weighted by molar-refractivity contribution is -0.385. The Balaban J connectivity index is 2.86. The summed E-state index contributed by atoms with van der Waals surface area (Å²) in [5.74, 6) is -0.391. The number of nitrogens with zero attached hydrogens (tertiary/aromatic N) is 2. The Kier molecular flexibility index (Phi) is 4.96. The van der Waals surface area contributed by atoms with Crippen LogP contribution in [0.15, 0.2) is 12.1 Å². The molecule has 8 nitrogen and oxygen atoms in total. The predicted octanol–water partition coefficient (Wildman–Crippen LogP) is 2.22. The Bertz CT molecular complexity index is 545. The molecular weight excluding hydrogens is 278 g/mol. The average molecular weight is 295 g/mol. The third kappa shape index (κ3) is 5.55. The molecule has 1 aromatic rings. The number of ketones is 1. The van der Waals surface area contributed by atoms with E-state index in [1.165, 1.54) is 13.0 Å². The number of aromatic nitrogens is 1. The van der Waals surface area contributed by atoms with Gasteiger partial charge in [-0.1, -0.05) is 0 Å². The van der Waals surface area contributed by atoms with Crippen LogP contribution in [0.1, 0.15) is 43.9 Å². The molecule has 1 amide bonds. The second kappa shape index (κ2) is 6.29. The number of rotatable bonds is 4. The van der Waals surface area contributed by atoms with E-state index in [1.807, 2.05) is 0 Å². The van der Waals surface area contributed by atoms with Crippen LogP contribution in [0.25, 0.3) is 0 Å². The third-order valence-corrected chi connectivity index (χ3v) is 2.25. The number of hydrogen-bond donors (Lipinski definition) is 1. The highest BCUT2D eigenvalue weighted by molar-refractivity contribution is 5.92. The van der Waals surface area contributed by atoms with E-state index < -0.39 is 22.4 Å². The largest absolute Gasteiger partial charge is 0.444 e. The van der Waals surface area contributed by atoms with Crippen LogP contribution in [-0.4, -0.2) is 27.4 Å². The summed E-state index contributed by atoms with van der Waals surface area (Å²) in [5.41, 5.74) is -0.716. The molecule has 114 valence electrons. The second-order valence-electron chi connectivity index (χ2n) is 5.37. The van der Waals surface area contributed by atoms with Gasteiger partial charge in [0.25, 0.3) is 5.69 Å². The maximum Gasteiger partial charge on any atom is 0.407 e. The zero-order chi connectivity index (χ0) is 16.2. The summed E-state index contributed by atoms with van der Waals surface area (Å²) < 4.78 is 5.04. The van der Waals surface area contributed by atoms with Crippen molar-refractivity contribution < 1.29 is 19.2 Å². The molecule has 1 aromatic heterocycles. The Labute approximate surface area is 121 Å². The number of nitro groups is 1. The lowest BCUT2D eigenvalue weighted by Crippen LogP contribution is -2.32. The molecule has 0 spiro atoms. The zero-order valence-corrected chi connectivity index (χ0v) is 12.3. The van der Waals surface area contributed by atoms with Gasteiger partial charge in [0.05, 0.1) is 17.2 Å². The van der Waals surface area contributed by atoms with Crippen LogP contribution in [-0.2, 0) is 11.3 Å². The molecule has 0 radical (unpaired) electrons. The molecule has 0 aliphatic rings. The van der Waals surface area contributed by atoms with E-state index in [0.29, 0.717) is 0 Å². The molecule has 21 heavy (non-hydrogen) atoms. The maximum atomic E-state index is 11.5. The van der Waals surface area contributed by atoms with E-state index in [2.05, 4.69) is 10.3 Å². The Hall–Kier alpha value is -2.51. The highest BCUT2D eigenvalue weighted by Crippen LogP contribution is 2.15. The van der Waals surface area contributed by atoms with Crippen LogP contribution in [0, 0.1) is 10.1 Å². The molecule has 0 aliphatic carbocycles. The molecule has 0 unspecified atom stereocenters. The lowest BCUT2D eigenvalue weighted by atomic mass is 10.2. The van der Waals surface area contributed by atoms with E-state index in [0.717, 1.165) is 6.07 Å². The molecule has 0 atom stereocenters. The number of ether oxygens (including phenoxy) is 1. The van der Waals surface area contributed by atoms with Gasteiger partial charge in [0.15, 0.2) is 5.78 Å². The number of pyridine rings is 1. The van der Waals surface area contributed by atoms with Crippen LogP contribution >= 0.6 is 0 Å². The smallest absolute Gasteiger partial charge is 0.407 e. The van der Waals surface area contributed by atoms with Crippen molar-refractivity contribution in [3.05, 3.63) is 33.6 Å². The SMILES string of the molecule is CC(=O)c1cc([N+](=O)[O-])cc(CNC(=O)OC(C)(C)C)n1. The minimum atomic E-state index is -0.666. The van der Waals surface area contributed by atoms with Crippen molar-refractivity contribution in [2.45, 2.75) is 39.8 Å². The van der Waals surface area contributed by atoms with Gasteiger partial charge in [-0.15, -0.1) is 0 Å². The molecule has 0 saturated heterocycles. The number of carbonyl (C=O) groups is 2. The fourth-order valence-electron chi connectivity index (χ4n) is 1.42.